The van der Waals surface area contributed by atoms with E-state index in [0.29, 0.717) is 11.3 Å². The first-order chi connectivity index (χ1) is 6.33. The first-order valence-corrected chi connectivity index (χ1v) is 5.95. The number of pyridine rings is 1. The summed E-state index contributed by atoms with van der Waals surface area (Å²) in [5.41, 5.74) is 1.28. The van der Waals surface area contributed by atoms with Gasteiger partial charge < -0.3 is 5.11 Å². The van der Waals surface area contributed by atoms with E-state index >= 15 is 0 Å². The fourth-order valence-electron chi connectivity index (χ4n) is 0.959. The number of rotatable bonds is 2. The molecule has 0 saturated carbocycles. The average Bonchev–Trinajstić information content (AvgIpc) is 2.58. The van der Waals surface area contributed by atoms with Gasteiger partial charge in [0, 0.05) is 11.0 Å². The molecule has 0 bridgehead atoms. The summed E-state index contributed by atoms with van der Waals surface area (Å²) in [6, 6.07) is 3.67. The molecule has 1 N–H and O–H groups in total. The molecule has 0 radical (unpaired) electrons. The quantitative estimate of drug-likeness (QED) is 0.864. The first kappa shape index (κ1) is 9.21. The van der Waals surface area contributed by atoms with Crippen molar-refractivity contribution in [3.05, 3.63) is 17.8 Å². The van der Waals surface area contributed by atoms with Crippen LogP contribution in [0.1, 0.15) is 5.69 Å². The van der Waals surface area contributed by atoms with Crippen molar-refractivity contribution < 1.29 is 5.11 Å². The van der Waals surface area contributed by atoms with Gasteiger partial charge in [-0.3, -0.25) is 0 Å². The van der Waals surface area contributed by atoms with Crippen LogP contribution in [0.4, 0.5) is 0 Å². The standard InChI is InChI=1S/C7H5ClN2OS2/c8-13-7-10-6-5(12-7)2-1-4(3-11)9-6/h1-2,11H,3H2. The van der Waals surface area contributed by atoms with E-state index in [1.165, 1.54) is 11.3 Å². The SMILES string of the molecule is OCc1ccc2sc(SCl)nc2n1. The van der Waals surface area contributed by atoms with Gasteiger partial charge in [-0.25, -0.2) is 9.97 Å². The van der Waals surface area contributed by atoms with Gasteiger partial charge in [-0.05, 0) is 22.8 Å². The Labute approximate surface area is 87.3 Å². The van der Waals surface area contributed by atoms with Crippen LogP contribution in [0.5, 0.6) is 0 Å². The van der Waals surface area contributed by atoms with Crippen molar-refractivity contribution in [2.24, 2.45) is 0 Å². The van der Waals surface area contributed by atoms with Gasteiger partial charge in [0.2, 0.25) is 0 Å². The lowest BCUT2D eigenvalue weighted by atomic mass is 10.4. The van der Waals surface area contributed by atoms with Crippen LogP contribution in [0.3, 0.4) is 0 Å². The minimum atomic E-state index is -0.0587. The zero-order valence-corrected chi connectivity index (χ0v) is 8.79. The molecule has 2 aromatic rings. The van der Waals surface area contributed by atoms with Crippen molar-refractivity contribution >= 4 is 43.3 Å². The Hall–Kier alpha value is -0.360. The second-order valence-electron chi connectivity index (χ2n) is 2.34. The summed E-state index contributed by atoms with van der Waals surface area (Å²) in [5, 5.41) is 8.84. The summed E-state index contributed by atoms with van der Waals surface area (Å²) < 4.78 is 1.76. The number of aromatic nitrogens is 2. The molecule has 2 rings (SSSR count). The van der Waals surface area contributed by atoms with Gasteiger partial charge in [0.05, 0.1) is 17.0 Å². The molecule has 2 aromatic heterocycles. The van der Waals surface area contributed by atoms with Crippen molar-refractivity contribution in [3.63, 3.8) is 0 Å². The monoisotopic (exact) mass is 232 g/mol. The van der Waals surface area contributed by atoms with Gasteiger partial charge in [-0.1, -0.05) is 0 Å². The summed E-state index contributed by atoms with van der Waals surface area (Å²) in [6.07, 6.45) is 0. The number of thiazole rings is 1. The fraction of sp³-hybridized carbons (Fsp3) is 0.143. The molecule has 0 aliphatic carbocycles. The number of hydrogen-bond donors (Lipinski definition) is 1. The van der Waals surface area contributed by atoms with Crippen molar-refractivity contribution in [3.8, 4) is 0 Å². The highest BCUT2D eigenvalue weighted by molar-refractivity contribution is 8.22. The van der Waals surface area contributed by atoms with Crippen molar-refractivity contribution in [2.75, 3.05) is 0 Å². The third-order valence-corrected chi connectivity index (χ3v) is 3.76. The van der Waals surface area contributed by atoms with Crippen LogP contribution in [0.25, 0.3) is 10.3 Å². The maximum atomic E-state index is 8.84. The normalized spacial score (nSPS) is 10.9. The third kappa shape index (κ3) is 1.78. The molecule has 0 aliphatic heterocycles. The molecule has 2 heterocycles. The zero-order valence-electron chi connectivity index (χ0n) is 6.40. The van der Waals surface area contributed by atoms with Crippen LogP contribution in [-0.4, -0.2) is 15.1 Å². The smallest absolute Gasteiger partial charge is 0.171 e. The molecule has 0 atom stereocenters. The molecular weight excluding hydrogens is 228 g/mol. The minimum absolute atomic E-state index is 0.0587. The summed E-state index contributed by atoms with van der Waals surface area (Å²) in [5.74, 6) is 0. The molecule has 0 aliphatic rings. The lowest BCUT2D eigenvalue weighted by molar-refractivity contribution is 0.277. The summed E-state index contributed by atoms with van der Waals surface area (Å²) in [7, 11) is 6.64. The minimum Gasteiger partial charge on any atom is -0.390 e. The van der Waals surface area contributed by atoms with E-state index in [4.69, 9.17) is 15.8 Å². The number of aliphatic hydroxyl groups is 1. The molecule has 6 heteroatoms. The van der Waals surface area contributed by atoms with Crippen LogP contribution in [0.2, 0.25) is 0 Å². The van der Waals surface area contributed by atoms with E-state index in [-0.39, 0.29) is 6.61 Å². The highest BCUT2D eigenvalue weighted by Crippen LogP contribution is 2.30. The summed E-state index contributed by atoms with van der Waals surface area (Å²) in [6.45, 7) is -0.0587. The summed E-state index contributed by atoms with van der Waals surface area (Å²) in [4.78, 5) is 8.31. The Morgan fingerprint density at radius 2 is 2.31 bits per heavy atom. The Kier molecular flexibility index (Phi) is 2.69. The molecule has 0 fully saturated rings. The van der Waals surface area contributed by atoms with Crippen molar-refractivity contribution in [2.45, 2.75) is 10.9 Å². The molecule has 0 spiro atoms. The van der Waals surface area contributed by atoms with E-state index in [9.17, 15) is 0 Å². The van der Waals surface area contributed by atoms with E-state index in [1.807, 2.05) is 6.07 Å². The van der Waals surface area contributed by atoms with Crippen molar-refractivity contribution in [1.29, 1.82) is 0 Å². The molecular formula is C7H5ClN2OS2. The van der Waals surface area contributed by atoms with Crippen LogP contribution >= 0.6 is 33.0 Å². The second-order valence-corrected chi connectivity index (χ2v) is 4.63. The number of hydrogen-bond acceptors (Lipinski definition) is 5. The molecule has 13 heavy (non-hydrogen) atoms. The van der Waals surface area contributed by atoms with Gasteiger partial charge in [0.1, 0.15) is 0 Å². The van der Waals surface area contributed by atoms with Gasteiger partial charge in [-0.2, -0.15) is 0 Å². The third-order valence-electron chi connectivity index (χ3n) is 1.52. The molecule has 0 amide bonds. The zero-order chi connectivity index (χ0) is 9.26. The predicted molar refractivity (Wildman–Crippen MR) is 55.0 cm³/mol. The Bertz CT molecular complexity index is 429. The van der Waals surface area contributed by atoms with E-state index in [0.717, 1.165) is 20.0 Å². The topological polar surface area (TPSA) is 46.0 Å². The maximum absolute atomic E-state index is 8.84. The van der Waals surface area contributed by atoms with Crippen LogP contribution in [-0.2, 0) is 6.61 Å². The van der Waals surface area contributed by atoms with Gasteiger partial charge in [0.25, 0.3) is 0 Å². The highest BCUT2D eigenvalue weighted by Gasteiger charge is 2.04. The van der Waals surface area contributed by atoms with E-state index in [1.54, 1.807) is 6.07 Å². The largest absolute Gasteiger partial charge is 0.390 e. The van der Waals surface area contributed by atoms with Crippen LogP contribution < -0.4 is 0 Å². The highest BCUT2D eigenvalue weighted by atomic mass is 35.7. The van der Waals surface area contributed by atoms with Crippen LogP contribution in [0.15, 0.2) is 16.5 Å². The lowest BCUT2D eigenvalue weighted by Crippen LogP contribution is -1.87. The van der Waals surface area contributed by atoms with Crippen LogP contribution in [0, 0.1) is 0 Å². The number of aliphatic hydroxyl groups excluding tert-OH is 1. The van der Waals surface area contributed by atoms with Gasteiger partial charge >= 0.3 is 0 Å². The first-order valence-electron chi connectivity index (χ1n) is 3.49. The Morgan fingerprint density at radius 3 is 3.00 bits per heavy atom. The molecule has 0 aromatic carbocycles. The maximum Gasteiger partial charge on any atom is 0.171 e. The Morgan fingerprint density at radius 1 is 1.46 bits per heavy atom. The second kappa shape index (κ2) is 3.79. The molecule has 0 saturated heterocycles. The number of nitrogens with zero attached hydrogens (tertiary/aromatic N) is 2. The molecule has 3 nitrogen and oxygen atoms in total. The van der Waals surface area contributed by atoms with E-state index in [2.05, 4.69) is 9.97 Å². The number of fused-ring (bicyclic) bond motifs is 1. The number of halogens is 1. The fourth-order valence-corrected chi connectivity index (χ4v) is 2.50. The van der Waals surface area contributed by atoms with Gasteiger partial charge in [0.15, 0.2) is 9.99 Å². The summed E-state index contributed by atoms with van der Waals surface area (Å²) >= 11 is 1.49. The lowest BCUT2D eigenvalue weighted by Gasteiger charge is -1.91. The van der Waals surface area contributed by atoms with Crippen molar-refractivity contribution in [1.82, 2.24) is 9.97 Å². The predicted octanol–water partition coefficient (Wildman–Crippen LogP) is 2.43. The average molecular weight is 233 g/mol. The Balaban J connectivity index is 2.57. The molecule has 68 valence electrons. The molecule has 0 unspecified atom stereocenters. The van der Waals surface area contributed by atoms with E-state index < -0.39 is 0 Å². The van der Waals surface area contributed by atoms with Gasteiger partial charge in [-0.15, -0.1) is 11.3 Å².